The number of carbonyl (C=O) groups is 1. The van der Waals surface area contributed by atoms with E-state index in [2.05, 4.69) is 15.1 Å². The third-order valence-electron chi connectivity index (χ3n) is 7.62. The van der Waals surface area contributed by atoms with Crippen molar-refractivity contribution in [1.29, 1.82) is 0 Å². The predicted molar refractivity (Wildman–Crippen MR) is 169 cm³/mol. The lowest BCUT2D eigenvalue weighted by Crippen LogP contribution is -2.46. The van der Waals surface area contributed by atoms with E-state index in [1.807, 2.05) is 30.5 Å². The van der Waals surface area contributed by atoms with Crippen molar-refractivity contribution < 1.29 is 38.1 Å². The van der Waals surface area contributed by atoms with Crippen LogP contribution in [0.4, 0.5) is 5.82 Å². The number of nitrogens with one attached hydrogen (secondary N) is 2. The monoisotopic (exact) mass is 655 g/mol. The third kappa shape index (κ3) is 7.49. The maximum Gasteiger partial charge on any atom is 0.459 e. The van der Waals surface area contributed by atoms with Gasteiger partial charge in [0.2, 0.25) is 0 Å². The maximum atomic E-state index is 14.4. The average Bonchev–Trinajstić information content (AvgIpc) is 3.52. The number of benzene rings is 2. The van der Waals surface area contributed by atoms with Gasteiger partial charge in [-0.1, -0.05) is 50.2 Å². The van der Waals surface area contributed by atoms with E-state index < -0.39 is 56.1 Å². The van der Waals surface area contributed by atoms with Gasteiger partial charge >= 0.3 is 19.4 Å². The lowest BCUT2D eigenvalue weighted by atomic mass is 9.96. The number of aliphatic hydroxyl groups is 2. The van der Waals surface area contributed by atoms with Gasteiger partial charge in [0.15, 0.2) is 6.23 Å². The topological polar surface area (TPSA) is 200 Å². The fraction of sp³-hybridized carbons (Fsp3) is 0.387. The van der Waals surface area contributed by atoms with Crippen molar-refractivity contribution in [3.8, 4) is 5.75 Å². The summed E-state index contributed by atoms with van der Waals surface area (Å²) >= 11 is 0. The van der Waals surface area contributed by atoms with Gasteiger partial charge in [0, 0.05) is 23.3 Å². The van der Waals surface area contributed by atoms with Gasteiger partial charge in [0.25, 0.3) is 0 Å². The molecule has 2 aromatic carbocycles. The number of nitrogen functional groups attached to an aromatic ring is 1. The number of nitrogens with two attached hydrogens (primary N) is 1. The van der Waals surface area contributed by atoms with Crippen LogP contribution in [-0.4, -0.2) is 67.8 Å². The number of fused-ring (bicyclic) bond motifs is 1. The number of anilines is 1. The van der Waals surface area contributed by atoms with E-state index in [1.165, 1.54) is 19.2 Å². The number of rotatable bonds is 13. The molecule has 1 fully saturated rings. The summed E-state index contributed by atoms with van der Waals surface area (Å²) in [5, 5.41) is 26.0. The van der Waals surface area contributed by atoms with Crippen LogP contribution < -0.4 is 21.0 Å². The summed E-state index contributed by atoms with van der Waals surface area (Å²) in [6.07, 6.45) is -0.784. The molecule has 15 heteroatoms. The lowest BCUT2D eigenvalue weighted by molar-refractivity contribution is -0.148. The van der Waals surface area contributed by atoms with Crippen molar-refractivity contribution in [3.05, 3.63) is 89.1 Å². The molecule has 6 N–H and O–H groups in total. The molecule has 0 saturated carbocycles. The number of aromatic nitrogens is 3. The molecule has 2 unspecified atom stereocenters. The second-order valence-electron chi connectivity index (χ2n) is 11.6. The first-order valence-corrected chi connectivity index (χ1v) is 16.3. The summed E-state index contributed by atoms with van der Waals surface area (Å²) in [4.78, 5) is 31.8. The second-order valence-corrected chi connectivity index (χ2v) is 13.3. The molecule has 1 aliphatic rings. The molecule has 0 radical (unpaired) electrons. The minimum atomic E-state index is -4.31. The van der Waals surface area contributed by atoms with Gasteiger partial charge in [-0.05, 0) is 43.2 Å². The molecule has 3 heterocycles. The van der Waals surface area contributed by atoms with Crippen LogP contribution in [-0.2, 0) is 29.8 Å². The van der Waals surface area contributed by atoms with Crippen LogP contribution in [0.5, 0.6) is 5.75 Å². The van der Waals surface area contributed by atoms with Crippen molar-refractivity contribution in [2.24, 2.45) is 5.92 Å². The highest BCUT2D eigenvalue weighted by atomic mass is 31.2. The predicted octanol–water partition coefficient (Wildman–Crippen LogP) is 2.92. The SMILES string of the molecule is CC(C)C(=O)OC[C@H](Cc1c[nH]c2ccccc12)NP(=O)(OC[C@H]1OC(n2ccc(N)nc2=O)[C@](C)(O)[C@@H]1O)Oc1ccccc1. The number of nitrogens with zero attached hydrogens (tertiary/aromatic N) is 2. The van der Waals surface area contributed by atoms with Crippen molar-refractivity contribution in [3.63, 3.8) is 0 Å². The number of hydrogen-bond acceptors (Lipinski definition) is 11. The Labute approximate surface area is 265 Å². The van der Waals surface area contributed by atoms with Crippen molar-refractivity contribution in [2.45, 2.75) is 57.3 Å². The van der Waals surface area contributed by atoms with Crippen LogP contribution in [0.15, 0.2) is 77.9 Å². The van der Waals surface area contributed by atoms with E-state index >= 15 is 0 Å². The Kier molecular flexibility index (Phi) is 9.96. The zero-order valence-electron chi connectivity index (χ0n) is 25.6. The molecule has 0 amide bonds. The summed E-state index contributed by atoms with van der Waals surface area (Å²) in [6, 6.07) is 16.6. The first-order valence-electron chi connectivity index (χ1n) is 14.8. The number of H-pyrrole nitrogens is 1. The summed E-state index contributed by atoms with van der Waals surface area (Å²) < 4.78 is 38.6. The van der Waals surface area contributed by atoms with E-state index in [1.54, 1.807) is 44.2 Å². The van der Waals surface area contributed by atoms with Crippen LogP contribution in [0.1, 0.15) is 32.6 Å². The minimum absolute atomic E-state index is 0.0225. The van der Waals surface area contributed by atoms with E-state index in [4.69, 9.17) is 24.3 Å². The Balaban J connectivity index is 1.40. The summed E-state index contributed by atoms with van der Waals surface area (Å²) in [7, 11) is -4.31. The number of ether oxygens (including phenoxy) is 2. The van der Waals surface area contributed by atoms with Crippen LogP contribution >= 0.6 is 7.75 Å². The highest BCUT2D eigenvalue weighted by Gasteiger charge is 2.54. The molecular weight excluding hydrogens is 617 g/mol. The maximum absolute atomic E-state index is 14.4. The molecule has 0 aliphatic carbocycles. The molecule has 46 heavy (non-hydrogen) atoms. The highest BCUT2D eigenvalue weighted by Crippen LogP contribution is 2.47. The smallest absolute Gasteiger partial charge is 0.459 e. The largest absolute Gasteiger partial charge is 0.464 e. The van der Waals surface area contributed by atoms with Gasteiger partial charge in [0.05, 0.1) is 18.6 Å². The molecule has 4 aromatic rings. The molecule has 0 bridgehead atoms. The second kappa shape index (κ2) is 13.8. The van der Waals surface area contributed by atoms with Crippen molar-refractivity contribution in [1.82, 2.24) is 19.6 Å². The number of carbonyl (C=O) groups excluding carboxylic acids is 1. The third-order valence-corrected chi connectivity index (χ3v) is 9.24. The number of aliphatic hydroxyl groups excluding tert-OH is 1. The average molecular weight is 656 g/mol. The van der Waals surface area contributed by atoms with Crippen LogP contribution in [0, 0.1) is 5.92 Å². The first-order chi connectivity index (χ1) is 21.9. The summed E-state index contributed by atoms with van der Waals surface area (Å²) in [5.74, 6) is -0.622. The van der Waals surface area contributed by atoms with Crippen LogP contribution in [0.2, 0.25) is 0 Å². The first kappa shape index (κ1) is 33.3. The molecular formula is C31H38N5O9P. The Morgan fingerprint density at radius 3 is 2.63 bits per heavy atom. The van der Waals surface area contributed by atoms with Crippen molar-refractivity contribution in [2.75, 3.05) is 18.9 Å². The summed E-state index contributed by atoms with van der Waals surface area (Å²) in [5.41, 5.74) is 4.61. The summed E-state index contributed by atoms with van der Waals surface area (Å²) in [6.45, 7) is 4.03. The molecule has 14 nitrogen and oxygen atoms in total. The zero-order valence-corrected chi connectivity index (χ0v) is 26.5. The number of para-hydroxylation sites is 2. The minimum Gasteiger partial charge on any atom is -0.464 e. The fourth-order valence-corrected chi connectivity index (χ4v) is 6.68. The molecule has 6 atom stereocenters. The van der Waals surface area contributed by atoms with Gasteiger partial charge in [-0.15, -0.1) is 0 Å². The highest BCUT2D eigenvalue weighted by molar-refractivity contribution is 7.52. The number of hydrogen-bond donors (Lipinski definition) is 5. The van der Waals surface area contributed by atoms with E-state index in [-0.39, 0.29) is 30.5 Å². The molecule has 2 aromatic heterocycles. The van der Waals surface area contributed by atoms with Gasteiger partial charge < -0.3 is 34.9 Å². The van der Waals surface area contributed by atoms with Gasteiger partial charge in [-0.3, -0.25) is 13.9 Å². The fourth-order valence-electron chi connectivity index (χ4n) is 5.14. The molecule has 1 saturated heterocycles. The van der Waals surface area contributed by atoms with Crippen LogP contribution in [0.3, 0.4) is 0 Å². The molecule has 246 valence electrons. The van der Waals surface area contributed by atoms with Crippen molar-refractivity contribution >= 4 is 30.4 Å². The Morgan fingerprint density at radius 1 is 1.20 bits per heavy atom. The van der Waals surface area contributed by atoms with E-state index in [9.17, 15) is 24.4 Å². The quantitative estimate of drug-likeness (QED) is 0.104. The Morgan fingerprint density at radius 2 is 1.91 bits per heavy atom. The number of esters is 1. The Bertz CT molecular complexity index is 1760. The number of aromatic amines is 1. The van der Waals surface area contributed by atoms with Crippen LogP contribution in [0.25, 0.3) is 10.9 Å². The van der Waals surface area contributed by atoms with E-state index in [0.717, 1.165) is 21.0 Å². The molecule has 0 spiro atoms. The lowest BCUT2D eigenvalue weighted by Gasteiger charge is -2.28. The van der Waals surface area contributed by atoms with Gasteiger partial charge in [0.1, 0.15) is 36.0 Å². The zero-order chi connectivity index (χ0) is 33.1. The van der Waals surface area contributed by atoms with Gasteiger partial charge in [-0.2, -0.15) is 4.98 Å². The Hall–Kier alpha value is -4.04. The normalized spacial score (nSPS) is 23.3. The molecule has 1 aliphatic heterocycles. The molecule has 5 rings (SSSR count). The van der Waals surface area contributed by atoms with Gasteiger partial charge in [-0.25, -0.2) is 14.4 Å². The standard InChI is InChI=1S/C31H38N5O9P/c1-19(2)28(38)42-17-21(15-20-16-33-24-12-8-7-11-23(20)24)35-46(41,45-22-9-5-4-6-10-22)43-18-25-27(37)31(3,40)29(44-25)36-14-13-26(32)34-30(36)39/h4-14,16,19,21,25,27,29,33,37,40H,15,17-18H2,1-3H3,(H,35,41)(H2,32,34,39)/t21-,25+,27+,29?,31+,46?/m0/s1. The van der Waals surface area contributed by atoms with E-state index in [0.29, 0.717) is 0 Å².